The number of ether oxygens (including phenoxy) is 1. The summed E-state index contributed by atoms with van der Waals surface area (Å²) < 4.78 is 46.3. The number of aromatic nitrogens is 2. The van der Waals surface area contributed by atoms with E-state index in [9.17, 15) is 13.2 Å². The maximum Gasteiger partial charge on any atom is 0.416 e. The van der Waals surface area contributed by atoms with Crippen LogP contribution in [0.3, 0.4) is 0 Å². The molecule has 0 amide bonds. The van der Waals surface area contributed by atoms with Gasteiger partial charge in [0.1, 0.15) is 17.4 Å². The molecule has 0 saturated carbocycles. The molecule has 0 fully saturated rings. The number of alkyl halides is 3. The lowest BCUT2D eigenvalue weighted by Gasteiger charge is -2.07. The van der Waals surface area contributed by atoms with Crippen LogP contribution in [0.2, 0.25) is 0 Å². The Morgan fingerprint density at radius 3 is 2.52 bits per heavy atom. The summed E-state index contributed by atoms with van der Waals surface area (Å²) in [4.78, 5) is 5.45. The summed E-state index contributed by atoms with van der Waals surface area (Å²) in [7, 11) is 0. The molecule has 29 heavy (non-hydrogen) atoms. The zero-order valence-electron chi connectivity index (χ0n) is 16.0. The third kappa shape index (κ3) is 4.00. The normalized spacial score (nSPS) is 11.9. The van der Waals surface area contributed by atoms with Crippen molar-refractivity contribution < 1.29 is 17.9 Å². The Morgan fingerprint density at radius 2 is 1.83 bits per heavy atom. The highest BCUT2D eigenvalue weighted by Crippen LogP contribution is 2.33. The second-order valence-corrected chi connectivity index (χ2v) is 7.80. The monoisotopic (exact) mass is 416 g/mol. The number of thiazole rings is 1. The largest absolute Gasteiger partial charge is 0.488 e. The van der Waals surface area contributed by atoms with Gasteiger partial charge in [-0.3, -0.25) is 0 Å². The number of halogens is 3. The summed E-state index contributed by atoms with van der Waals surface area (Å²) in [6.45, 7) is 5.26. The van der Waals surface area contributed by atoms with Crippen molar-refractivity contribution in [1.82, 2.24) is 9.55 Å². The van der Waals surface area contributed by atoms with Gasteiger partial charge in [-0.1, -0.05) is 12.1 Å². The molecule has 2 aromatic carbocycles. The molecule has 0 atom stereocenters. The summed E-state index contributed by atoms with van der Waals surface area (Å²) in [5, 5.41) is 1.81. The van der Waals surface area contributed by atoms with Gasteiger partial charge < -0.3 is 9.30 Å². The van der Waals surface area contributed by atoms with Crippen LogP contribution in [0.1, 0.15) is 23.1 Å². The second-order valence-electron chi connectivity index (χ2n) is 6.71. The van der Waals surface area contributed by atoms with Gasteiger partial charge in [0.2, 0.25) is 0 Å². The molecule has 0 aliphatic heterocycles. The number of hydrogen-bond acceptors (Lipinski definition) is 3. The second kappa shape index (κ2) is 7.55. The van der Waals surface area contributed by atoms with Crippen LogP contribution in [0.15, 0.2) is 54.7 Å². The van der Waals surface area contributed by atoms with Gasteiger partial charge in [0.05, 0.1) is 16.1 Å². The number of hydrogen-bond donors (Lipinski definition) is 0. The lowest BCUT2D eigenvalue weighted by atomic mass is 10.1. The first-order chi connectivity index (χ1) is 13.8. The molecule has 0 N–H and O–H groups in total. The lowest BCUT2D eigenvalue weighted by molar-refractivity contribution is -0.137. The molecule has 4 rings (SSSR count). The summed E-state index contributed by atoms with van der Waals surface area (Å²) in [6.07, 6.45) is -2.28. The van der Waals surface area contributed by atoms with E-state index in [1.165, 1.54) is 29.0 Å². The molecule has 0 radical (unpaired) electrons. The lowest BCUT2D eigenvalue weighted by Crippen LogP contribution is -2.03. The summed E-state index contributed by atoms with van der Waals surface area (Å²) in [5.41, 5.74) is 1.99. The van der Waals surface area contributed by atoms with Gasteiger partial charge >= 0.3 is 6.18 Å². The minimum Gasteiger partial charge on any atom is -0.488 e. The van der Waals surface area contributed by atoms with E-state index in [0.717, 1.165) is 40.4 Å². The number of rotatable bonds is 5. The van der Waals surface area contributed by atoms with E-state index in [2.05, 4.69) is 28.7 Å². The Kier molecular flexibility index (Phi) is 5.08. The van der Waals surface area contributed by atoms with Crippen LogP contribution in [0, 0.1) is 6.92 Å². The van der Waals surface area contributed by atoms with Gasteiger partial charge in [0.25, 0.3) is 0 Å². The van der Waals surface area contributed by atoms with E-state index >= 15 is 0 Å². The van der Waals surface area contributed by atoms with Crippen LogP contribution in [0.4, 0.5) is 13.2 Å². The first kappa shape index (κ1) is 19.5. The Morgan fingerprint density at radius 1 is 1.07 bits per heavy atom. The van der Waals surface area contributed by atoms with Crippen LogP contribution in [0.25, 0.3) is 21.5 Å². The van der Waals surface area contributed by atoms with E-state index in [1.807, 2.05) is 25.1 Å². The van der Waals surface area contributed by atoms with Crippen molar-refractivity contribution in [3.8, 4) is 16.3 Å². The van der Waals surface area contributed by atoms with Crippen molar-refractivity contribution in [2.75, 3.05) is 0 Å². The van der Waals surface area contributed by atoms with Gasteiger partial charge in [-0.15, -0.1) is 11.3 Å². The Balaban J connectivity index is 1.50. The SMILES string of the molecule is CCn1ccc2cc(OCc3sc(-c4ccc(C(F)(F)F)cc4)nc3C)ccc21. The molecule has 7 heteroatoms. The molecule has 0 aliphatic carbocycles. The molecule has 0 spiro atoms. The van der Waals surface area contributed by atoms with Crippen LogP contribution >= 0.6 is 11.3 Å². The third-order valence-electron chi connectivity index (χ3n) is 4.80. The maximum absolute atomic E-state index is 12.7. The number of nitrogens with zero attached hydrogens (tertiary/aromatic N) is 2. The number of aryl methyl sites for hydroxylation is 2. The van der Waals surface area contributed by atoms with Gasteiger partial charge in [-0.25, -0.2) is 4.98 Å². The first-order valence-corrected chi connectivity index (χ1v) is 10.0. The van der Waals surface area contributed by atoms with Gasteiger partial charge in [0.15, 0.2) is 0 Å². The fourth-order valence-corrected chi connectivity index (χ4v) is 4.16. The minimum absolute atomic E-state index is 0.365. The minimum atomic E-state index is -4.34. The van der Waals surface area contributed by atoms with E-state index in [0.29, 0.717) is 17.2 Å². The summed E-state index contributed by atoms with van der Waals surface area (Å²) >= 11 is 1.44. The summed E-state index contributed by atoms with van der Waals surface area (Å²) in [5.74, 6) is 0.773. The first-order valence-electron chi connectivity index (χ1n) is 9.21. The van der Waals surface area contributed by atoms with Crippen LogP contribution in [-0.2, 0) is 19.3 Å². The van der Waals surface area contributed by atoms with Crippen molar-refractivity contribution in [2.45, 2.75) is 33.2 Å². The Bertz CT molecular complexity index is 1140. The molecule has 2 heterocycles. The standard InChI is InChI=1S/C22H19F3N2OS/c1-3-27-11-10-16-12-18(8-9-19(16)27)28-13-20-14(2)26-21(29-20)15-4-6-17(7-5-15)22(23,24)25/h4-12H,3,13H2,1-2H3. The van der Waals surface area contributed by atoms with Crippen molar-refractivity contribution >= 4 is 22.2 Å². The molecule has 3 nitrogen and oxygen atoms in total. The molecular weight excluding hydrogens is 397 g/mol. The Labute approximate surface area is 170 Å². The average molecular weight is 416 g/mol. The third-order valence-corrected chi connectivity index (χ3v) is 5.98. The van der Waals surface area contributed by atoms with Crippen molar-refractivity contribution in [3.05, 3.63) is 70.9 Å². The van der Waals surface area contributed by atoms with Crippen molar-refractivity contribution in [3.63, 3.8) is 0 Å². The molecule has 150 valence electrons. The highest BCUT2D eigenvalue weighted by molar-refractivity contribution is 7.15. The van der Waals surface area contributed by atoms with Crippen LogP contribution in [0.5, 0.6) is 5.75 Å². The van der Waals surface area contributed by atoms with E-state index < -0.39 is 11.7 Å². The van der Waals surface area contributed by atoms with Crippen LogP contribution < -0.4 is 4.74 Å². The smallest absolute Gasteiger partial charge is 0.416 e. The van der Waals surface area contributed by atoms with E-state index in [-0.39, 0.29) is 0 Å². The predicted molar refractivity (Wildman–Crippen MR) is 109 cm³/mol. The molecule has 0 unspecified atom stereocenters. The fraction of sp³-hybridized carbons (Fsp3) is 0.227. The van der Waals surface area contributed by atoms with Gasteiger partial charge in [0, 0.05) is 29.2 Å². The highest BCUT2D eigenvalue weighted by atomic mass is 32.1. The molecule has 2 aromatic heterocycles. The van der Waals surface area contributed by atoms with Crippen LogP contribution in [-0.4, -0.2) is 9.55 Å². The average Bonchev–Trinajstić information content (AvgIpc) is 3.28. The highest BCUT2D eigenvalue weighted by Gasteiger charge is 2.30. The number of fused-ring (bicyclic) bond motifs is 1. The molecule has 0 aliphatic rings. The topological polar surface area (TPSA) is 27.1 Å². The molecule has 0 saturated heterocycles. The Hall–Kier alpha value is -2.80. The molecule has 0 bridgehead atoms. The van der Waals surface area contributed by atoms with Gasteiger partial charge in [-0.05, 0) is 50.2 Å². The zero-order valence-corrected chi connectivity index (χ0v) is 16.8. The quantitative estimate of drug-likeness (QED) is 0.362. The molecule has 4 aromatic rings. The maximum atomic E-state index is 12.7. The fourth-order valence-electron chi connectivity index (χ4n) is 3.18. The summed E-state index contributed by atoms with van der Waals surface area (Å²) in [6, 6.07) is 13.1. The zero-order chi connectivity index (χ0) is 20.6. The van der Waals surface area contributed by atoms with Crippen molar-refractivity contribution in [2.24, 2.45) is 0 Å². The van der Waals surface area contributed by atoms with E-state index in [1.54, 1.807) is 0 Å². The number of benzene rings is 2. The van der Waals surface area contributed by atoms with Gasteiger partial charge in [-0.2, -0.15) is 13.2 Å². The van der Waals surface area contributed by atoms with E-state index in [4.69, 9.17) is 4.74 Å². The van der Waals surface area contributed by atoms with Crippen molar-refractivity contribution in [1.29, 1.82) is 0 Å². The molecular formula is C22H19F3N2OS. The predicted octanol–water partition coefficient (Wildman–Crippen LogP) is 6.69.